The Bertz CT molecular complexity index is 739. The van der Waals surface area contributed by atoms with Gasteiger partial charge in [-0.3, -0.25) is 14.5 Å². The number of hydrogen-bond donors (Lipinski definition) is 1. The molecule has 1 spiro atoms. The van der Waals surface area contributed by atoms with Gasteiger partial charge < -0.3 is 10.2 Å². The number of imide groups is 1. The predicted octanol–water partition coefficient (Wildman–Crippen LogP) is 3.88. The number of benzene rings is 1. The highest BCUT2D eigenvalue weighted by atomic mass is 16.2. The molecule has 3 rings (SSSR count). The molecule has 2 aliphatic rings. The molecule has 1 unspecified atom stereocenters. The van der Waals surface area contributed by atoms with Crippen LogP contribution in [0.3, 0.4) is 0 Å². The number of hydrogen-bond acceptors (Lipinski definition) is 3. The highest BCUT2D eigenvalue weighted by Crippen LogP contribution is 2.39. The van der Waals surface area contributed by atoms with Gasteiger partial charge in [-0.2, -0.15) is 0 Å². The van der Waals surface area contributed by atoms with Gasteiger partial charge in [-0.15, -0.1) is 0 Å². The fraction of sp³-hybridized carbons (Fsp3) is 0.609. The van der Waals surface area contributed by atoms with Crippen molar-refractivity contribution in [2.45, 2.75) is 70.4 Å². The minimum absolute atomic E-state index is 0.132. The Morgan fingerprint density at radius 2 is 1.69 bits per heavy atom. The summed E-state index contributed by atoms with van der Waals surface area (Å²) < 4.78 is 0. The lowest BCUT2D eigenvalue weighted by atomic mass is 9.81. The molecule has 1 aromatic rings. The van der Waals surface area contributed by atoms with Crippen molar-refractivity contribution in [2.24, 2.45) is 5.92 Å². The van der Waals surface area contributed by atoms with Gasteiger partial charge in [0.1, 0.15) is 12.1 Å². The van der Waals surface area contributed by atoms with Gasteiger partial charge in [0, 0.05) is 7.05 Å². The van der Waals surface area contributed by atoms with Crippen LogP contribution in [0, 0.1) is 5.92 Å². The summed E-state index contributed by atoms with van der Waals surface area (Å²) in [7, 11) is 1.69. The van der Waals surface area contributed by atoms with E-state index in [1.807, 2.05) is 30.3 Å². The third kappa shape index (κ3) is 4.02. The molecular weight excluding hydrogens is 366 g/mol. The van der Waals surface area contributed by atoms with Gasteiger partial charge in [-0.05, 0) is 24.3 Å². The lowest BCUT2D eigenvalue weighted by Crippen LogP contribution is -2.49. The maximum atomic E-state index is 13.1. The van der Waals surface area contributed by atoms with Crippen LogP contribution >= 0.6 is 0 Å². The van der Waals surface area contributed by atoms with Gasteiger partial charge in [0.25, 0.3) is 5.91 Å². The van der Waals surface area contributed by atoms with Crippen molar-refractivity contribution < 1.29 is 14.4 Å². The van der Waals surface area contributed by atoms with Crippen LogP contribution in [0.2, 0.25) is 0 Å². The third-order valence-electron chi connectivity index (χ3n) is 6.78. The lowest BCUT2D eigenvalue weighted by molar-refractivity contribution is -0.137. The Kier molecular flexibility index (Phi) is 6.60. The average molecular weight is 400 g/mol. The first-order valence-electron chi connectivity index (χ1n) is 10.9. The van der Waals surface area contributed by atoms with Crippen LogP contribution < -0.4 is 5.32 Å². The second-order valence-corrected chi connectivity index (χ2v) is 8.36. The first-order valence-corrected chi connectivity index (χ1v) is 10.9. The average Bonchev–Trinajstić information content (AvgIpc) is 2.91. The van der Waals surface area contributed by atoms with E-state index in [1.54, 1.807) is 11.9 Å². The van der Waals surface area contributed by atoms with Crippen molar-refractivity contribution in [1.29, 1.82) is 0 Å². The molecule has 0 aromatic heterocycles. The van der Waals surface area contributed by atoms with E-state index in [4.69, 9.17) is 0 Å². The number of carbonyl (C=O) groups excluding carboxylic acids is 3. The van der Waals surface area contributed by atoms with Crippen molar-refractivity contribution in [3.05, 3.63) is 35.9 Å². The maximum absolute atomic E-state index is 13.1. The number of nitrogens with one attached hydrogen (secondary N) is 1. The van der Waals surface area contributed by atoms with Crippen molar-refractivity contribution in [3.8, 4) is 0 Å². The van der Waals surface area contributed by atoms with Crippen LogP contribution in [0.4, 0.5) is 4.79 Å². The van der Waals surface area contributed by atoms with Crippen LogP contribution in [-0.2, 0) is 9.59 Å². The molecule has 1 aromatic carbocycles. The molecular formula is C23H33N3O3. The molecule has 4 amide bonds. The number of rotatable bonds is 7. The monoisotopic (exact) mass is 399 g/mol. The number of likely N-dealkylation sites (N-methyl/N-ethyl adjacent to an activating group) is 1. The van der Waals surface area contributed by atoms with E-state index in [0.717, 1.165) is 42.6 Å². The molecule has 2 fully saturated rings. The molecule has 29 heavy (non-hydrogen) atoms. The van der Waals surface area contributed by atoms with Crippen LogP contribution in [0.1, 0.15) is 70.4 Å². The Balaban J connectivity index is 1.74. The third-order valence-corrected chi connectivity index (χ3v) is 6.78. The number of nitrogens with zero attached hydrogens (tertiary/aromatic N) is 2. The Morgan fingerprint density at radius 1 is 1.07 bits per heavy atom. The van der Waals surface area contributed by atoms with E-state index in [0.29, 0.717) is 18.8 Å². The van der Waals surface area contributed by atoms with E-state index < -0.39 is 5.54 Å². The summed E-state index contributed by atoms with van der Waals surface area (Å²) in [5, 5.41) is 3.11. The summed E-state index contributed by atoms with van der Waals surface area (Å²) >= 11 is 0. The van der Waals surface area contributed by atoms with Crippen molar-refractivity contribution >= 4 is 17.8 Å². The zero-order chi connectivity index (χ0) is 21.0. The molecule has 1 aliphatic heterocycles. The highest BCUT2D eigenvalue weighted by molar-refractivity contribution is 6.09. The first kappa shape index (κ1) is 21.3. The topological polar surface area (TPSA) is 69.7 Å². The van der Waals surface area contributed by atoms with Gasteiger partial charge >= 0.3 is 6.03 Å². The van der Waals surface area contributed by atoms with Crippen LogP contribution in [-0.4, -0.2) is 46.8 Å². The van der Waals surface area contributed by atoms with Crippen molar-refractivity contribution in [2.75, 3.05) is 13.6 Å². The number of amides is 4. The number of carbonyl (C=O) groups is 3. The van der Waals surface area contributed by atoms with Gasteiger partial charge in [0.05, 0.1) is 6.04 Å². The summed E-state index contributed by atoms with van der Waals surface area (Å²) in [4.78, 5) is 41.5. The standard InChI is InChI=1S/C23H33N3O3/c1-4-17(5-2)20(18-12-8-6-9-13-18)24-19(27)16-26-21(28)23(25(3)22(26)29)14-10-7-11-15-23/h6,8-9,12-13,17,20H,4-5,7,10-11,14-16H2,1-3H3,(H,24,27). The molecule has 1 saturated heterocycles. The maximum Gasteiger partial charge on any atom is 0.327 e. The normalized spacial score (nSPS) is 19.9. The van der Waals surface area contributed by atoms with Crippen molar-refractivity contribution in [1.82, 2.24) is 15.1 Å². The summed E-state index contributed by atoms with van der Waals surface area (Å²) in [5.41, 5.74) is 0.304. The molecule has 6 heteroatoms. The molecule has 1 N–H and O–H groups in total. The minimum atomic E-state index is -0.746. The molecule has 0 radical (unpaired) electrons. The lowest BCUT2D eigenvalue weighted by Gasteiger charge is -2.35. The Labute approximate surface area is 173 Å². The molecule has 158 valence electrons. The van der Waals surface area contributed by atoms with E-state index in [9.17, 15) is 14.4 Å². The fourth-order valence-corrected chi connectivity index (χ4v) is 4.93. The van der Waals surface area contributed by atoms with Crippen LogP contribution in [0.15, 0.2) is 30.3 Å². The SMILES string of the molecule is CCC(CC)C(NC(=O)CN1C(=O)N(C)C2(CCCCC2)C1=O)c1ccccc1. The summed E-state index contributed by atoms with van der Waals surface area (Å²) in [5.74, 6) is -0.203. The highest BCUT2D eigenvalue weighted by Gasteiger charge is 2.55. The Hall–Kier alpha value is -2.37. The molecule has 1 heterocycles. The molecule has 0 bridgehead atoms. The van der Waals surface area contributed by atoms with Crippen LogP contribution in [0.5, 0.6) is 0 Å². The van der Waals surface area contributed by atoms with E-state index in [2.05, 4.69) is 19.2 Å². The van der Waals surface area contributed by atoms with Crippen molar-refractivity contribution in [3.63, 3.8) is 0 Å². The zero-order valence-electron chi connectivity index (χ0n) is 17.8. The van der Waals surface area contributed by atoms with Gasteiger partial charge in [-0.25, -0.2) is 4.79 Å². The van der Waals surface area contributed by atoms with E-state index >= 15 is 0 Å². The zero-order valence-corrected chi connectivity index (χ0v) is 17.8. The summed E-state index contributed by atoms with van der Waals surface area (Å²) in [6.45, 7) is 4.02. The Morgan fingerprint density at radius 3 is 2.28 bits per heavy atom. The van der Waals surface area contributed by atoms with E-state index in [-0.39, 0.29) is 30.4 Å². The second-order valence-electron chi connectivity index (χ2n) is 8.36. The predicted molar refractivity (Wildman–Crippen MR) is 112 cm³/mol. The first-order chi connectivity index (χ1) is 13.9. The largest absolute Gasteiger partial charge is 0.347 e. The smallest absolute Gasteiger partial charge is 0.327 e. The molecule has 1 aliphatic carbocycles. The second kappa shape index (κ2) is 8.97. The van der Waals surface area contributed by atoms with E-state index in [1.165, 1.54) is 0 Å². The van der Waals surface area contributed by atoms with Crippen LogP contribution in [0.25, 0.3) is 0 Å². The number of urea groups is 1. The summed E-state index contributed by atoms with van der Waals surface area (Å²) in [6.07, 6.45) is 6.21. The van der Waals surface area contributed by atoms with Gasteiger partial charge in [0.15, 0.2) is 0 Å². The molecule has 1 saturated carbocycles. The van der Waals surface area contributed by atoms with Gasteiger partial charge in [0.2, 0.25) is 5.91 Å². The molecule has 6 nitrogen and oxygen atoms in total. The molecule has 1 atom stereocenters. The van der Waals surface area contributed by atoms with Gasteiger partial charge in [-0.1, -0.05) is 76.3 Å². The summed E-state index contributed by atoms with van der Waals surface area (Å²) in [6, 6.07) is 9.42. The quantitative estimate of drug-likeness (QED) is 0.708. The fourth-order valence-electron chi connectivity index (χ4n) is 4.93. The minimum Gasteiger partial charge on any atom is -0.347 e.